The van der Waals surface area contributed by atoms with Crippen LogP contribution in [-0.2, 0) is 39.0 Å². The number of hydrogen-bond donors (Lipinski definition) is 2. The van der Waals surface area contributed by atoms with Gasteiger partial charge in [0.15, 0.2) is 21.9 Å². The quantitative estimate of drug-likeness (QED) is 0.353. The molecule has 1 aromatic carbocycles. The van der Waals surface area contributed by atoms with Gasteiger partial charge in [-0.1, -0.05) is 0 Å². The third kappa shape index (κ3) is 6.26. The highest BCUT2D eigenvalue weighted by Crippen LogP contribution is 2.45. The summed E-state index contributed by atoms with van der Waals surface area (Å²) in [5.74, 6) is -1.26. The van der Waals surface area contributed by atoms with Gasteiger partial charge in [-0.25, -0.2) is 31.5 Å². The summed E-state index contributed by atoms with van der Waals surface area (Å²) >= 11 is 1.22. The van der Waals surface area contributed by atoms with Gasteiger partial charge in [0.1, 0.15) is 10.3 Å². The Kier molecular flexibility index (Phi) is 8.79. The number of sulfonamides is 1. The van der Waals surface area contributed by atoms with Crippen molar-refractivity contribution in [1.82, 2.24) is 15.1 Å². The molecule has 4 heterocycles. The van der Waals surface area contributed by atoms with Crippen LogP contribution in [0.2, 0.25) is 0 Å². The first-order chi connectivity index (χ1) is 19.9. The molecule has 3 aromatic rings. The van der Waals surface area contributed by atoms with E-state index < -0.39 is 49.0 Å². The Hall–Kier alpha value is -2.82. The Labute approximate surface area is 248 Å². The second-order valence-electron chi connectivity index (χ2n) is 10.4. The van der Waals surface area contributed by atoms with E-state index in [0.29, 0.717) is 28.9 Å². The van der Waals surface area contributed by atoms with Crippen LogP contribution in [0.4, 0.5) is 0 Å². The normalized spacial score (nSPS) is 23.3. The molecule has 0 aliphatic carbocycles. The van der Waals surface area contributed by atoms with E-state index in [0.717, 1.165) is 33.8 Å². The average molecular weight is 640 g/mol. The Morgan fingerprint density at radius 1 is 1.17 bits per heavy atom. The molecule has 2 aliphatic heterocycles. The van der Waals surface area contributed by atoms with Crippen LogP contribution in [0, 0.1) is 0 Å². The second-order valence-corrected chi connectivity index (χ2v) is 15.9. The maximum Gasteiger partial charge on any atom is 0.286 e. The van der Waals surface area contributed by atoms with Crippen LogP contribution in [0.25, 0.3) is 21.4 Å². The number of benzene rings is 1. The topological polar surface area (TPSA) is 161 Å². The van der Waals surface area contributed by atoms with E-state index in [1.165, 1.54) is 18.4 Å². The molecule has 2 atom stereocenters. The van der Waals surface area contributed by atoms with Gasteiger partial charge in [0, 0.05) is 48.3 Å². The van der Waals surface area contributed by atoms with E-state index in [9.17, 15) is 26.4 Å². The van der Waals surface area contributed by atoms with Crippen LogP contribution < -0.4 is 10.8 Å². The van der Waals surface area contributed by atoms with E-state index in [2.05, 4.69) is 10.8 Å². The first kappa shape index (κ1) is 30.6. The van der Waals surface area contributed by atoms with Crippen LogP contribution in [-0.4, -0.2) is 78.0 Å². The van der Waals surface area contributed by atoms with Crippen molar-refractivity contribution in [2.24, 2.45) is 0 Å². The van der Waals surface area contributed by atoms with Gasteiger partial charge < -0.3 is 14.5 Å². The smallest absolute Gasteiger partial charge is 0.286 e. The Bertz CT molecular complexity index is 1690. The molecule has 2 amide bonds. The minimum absolute atomic E-state index is 0.0611. The molecule has 2 N–H and O–H groups in total. The number of fused-ring (bicyclic) bond motifs is 1. The molecule has 2 unspecified atom stereocenters. The zero-order chi connectivity index (χ0) is 30.1. The number of amides is 2. The van der Waals surface area contributed by atoms with Gasteiger partial charge in [0.25, 0.3) is 5.91 Å². The SMILES string of the molecule is CNC(=O)c1cc2cc(-c3ccc(C4(CC(=O)NOC5CCCCO5)CCN(S(C)(=O)=O)CCS4(=O)=O)s3)ccc2o1. The molecule has 42 heavy (non-hydrogen) atoms. The standard InChI is InChI=1S/C27H33N3O9S3/c1-28-26(32)21-16-19-15-18(6-7-20(19)38-21)22-8-9-23(40-22)27(17-24(31)29-39-25-5-3-4-13-37-25)10-11-30(41(2,33)34)12-14-42(27,35)36/h6-9,15-16,25H,3-5,10-14,17H2,1-2H3,(H,28,32)(H,29,31). The maximum absolute atomic E-state index is 13.9. The summed E-state index contributed by atoms with van der Waals surface area (Å²) in [6.07, 6.45) is 2.27. The summed E-state index contributed by atoms with van der Waals surface area (Å²) in [6, 6.07) is 10.5. The number of carbonyl (C=O) groups is 2. The number of nitrogens with zero attached hydrogens (tertiary/aromatic N) is 1. The number of carbonyl (C=O) groups excluding carboxylic acids is 2. The van der Waals surface area contributed by atoms with Crippen molar-refractivity contribution in [2.45, 2.75) is 43.1 Å². The van der Waals surface area contributed by atoms with Gasteiger partial charge in [-0.3, -0.25) is 9.59 Å². The zero-order valence-electron chi connectivity index (χ0n) is 23.3. The number of thiophene rings is 1. The highest BCUT2D eigenvalue weighted by molar-refractivity contribution is 7.92. The molecule has 2 fully saturated rings. The molecule has 5 rings (SSSR count). The van der Waals surface area contributed by atoms with Gasteiger partial charge in [0.2, 0.25) is 15.9 Å². The average Bonchev–Trinajstić information content (AvgIpc) is 3.59. The lowest BCUT2D eigenvalue weighted by molar-refractivity contribution is -0.200. The second kappa shape index (κ2) is 12.1. The number of ether oxygens (including phenoxy) is 1. The molecular weight excluding hydrogens is 607 g/mol. The van der Waals surface area contributed by atoms with Crippen molar-refractivity contribution < 1.29 is 40.4 Å². The molecule has 0 spiro atoms. The van der Waals surface area contributed by atoms with Crippen molar-refractivity contribution in [3.8, 4) is 10.4 Å². The summed E-state index contributed by atoms with van der Waals surface area (Å²) in [5.41, 5.74) is 3.66. The lowest BCUT2D eigenvalue weighted by atomic mass is 9.97. The lowest BCUT2D eigenvalue weighted by Crippen LogP contribution is -2.43. The molecule has 0 radical (unpaired) electrons. The summed E-state index contributed by atoms with van der Waals surface area (Å²) in [6.45, 7) is 0.254. The number of hydrogen-bond acceptors (Lipinski definition) is 10. The monoisotopic (exact) mass is 639 g/mol. The van der Waals surface area contributed by atoms with Crippen LogP contribution in [0.15, 0.2) is 40.8 Å². The summed E-state index contributed by atoms with van der Waals surface area (Å²) < 4.78 is 63.1. The van der Waals surface area contributed by atoms with Crippen molar-refractivity contribution in [1.29, 1.82) is 0 Å². The predicted octanol–water partition coefficient (Wildman–Crippen LogP) is 2.76. The fraction of sp³-hybridized carbons (Fsp3) is 0.481. The number of hydroxylamine groups is 1. The fourth-order valence-corrected chi connectivity index (χ4v) is 9.85. The van der Waals surface area contributed by atoms with Gasteiger partial charge in [0.05, 0.1) is 18.4 Å². The van der Waals surface area contributed by atoms with E-state index in [-0.39, 0.29) is 31.2 Å². The van der Waals surface area contributed by atoms with Crippen molar-refractivity contribution in [3.63, 3.8) is 0 Å². The van der Waals surface area contributed by atoms with Crippen LogP contribution in [0.1, 0.15) is 47.5 Å². The zero-order valence-corrected chi connectivity index (χ0v) is 25.7. The van der Waals surface area contributed by atoms with Crippen molar-refractivity contribution >= 4 is 54.0 Å². The number of nitrogens with one attached hydrogen (secondary N) is 2. The molecular formula is C27H33N3O9S3. The Balaban J connectivity index is 1.48. The number of furan rings is 1. The lowest BCUT2D eigenvalue weighted by Gasteiger charge is -2.31. The van der Waals surface area contributed by atoms with Crippen LogP contribution >= 0.6 is 11.3 Å². The van der Waals surface area contributed by atoms with Gasteiger partial charge >= 0.3 is 0 Å². The molecule has 0 saturated carbocycles. The van der Waals surface area contributed by atoms with E-state index in [4.69, 9.17) is 14.0 Å². The minimum Gasteiger partial charge on any atom is -0.451 e. The van der Waals surface area contributed by atoms with Gasteiger partial charge in [-0.05, 0) is 61.2 Å². The number of rotatable bonds is 8. The minimum atomic E-state index is -4.02. The first-order valence-electron chi connectivity index (χ1n) is 13.5. The highest BCUT2D eigenvalue weighted by Gasteiger charge is 2.50. The maximum atomic E-state index is 13.9. The van der Waals surface area contributed by atoms with E-state index in [1.54, 1.807) is 30.3 Å². The van der Waals surface area contributed by atoms with Crippen LogP contribution in [0.5, 0.6) is 0 Å². The molecule has 12 nitrogen and oxygen atoms in total. The highest BCUT2D eigenvalue weighted by atomic mass is 32.2. The Morgan fingerprint density at radius 3 is 2.69 bits per heavy atom. The largest absolute Gasteiger partial charge is 0.451 e. The van der Waals surface area contributed by atoms with Crippen molar-refractivity contribution in [3.05, 3.63) is 47.0 Å². The summed E-state index contributed by atoms with van der Waals surface area (Å²) in [4.78, 5) is 31.8. The fourth-order valence-electron chi connectivity index (χ4n) is 5.28. The summed E-state index contributed by atoms with van der Waals surface area (Å²) in [7, 11) is -6.17. The molecule has 0 bridgehead atoms. The van der Waals surface area contributed by atoms with E-state index in [1.807, 2.05) is 6.07 Å². The van der Waals surface area contributed by atoms with Crippen LogP contribution in [0.3, 0.4) is 0 Å². The van der Waals surface area contributed by atoms with E-state index >= 15 is 0 Å². The molecule has 15 heteroatoms. The third-order valence-electron chi connectivity index (χ3n) is 7.63. The van der Waals surface area contributed by atoms with Crippen molar-refractivity contribution in [2.75, 3.05) is 38.8 Å². The molecule has 228 valence electrons. The first-order valence-corrected chi connectivity index (χ1v) is 17.8. The number of sulfone groups is 1. The molecule has 2 aromatic heterocycles. The molecule has 2 saturated heterocycles. The Morgan fingerprint density at radius 2 is 1.98 bits per heavy atom. The third-order valence-corrected chi connectivity index (χ3v) is 12.9. The summed E-state index contributed by atoms with van der Waals surface area (Å²) in [5, 5.41) is 3.22. The van der Waals surface area contributed by atoms with Gasteiger partial charge in [-0.2, -0.15) is 0 Å². The van der Waals surface area contributed by atoms with Gasteiger partial charge in [-0.15, -0.1) is 11.3 Å². The molecule has 2 aliphatic rings. The predicted molar refractivity (Wildman–Crippen MR) is 157 cm³/mol.